The molecule has 0 aliphatic carbocycles. The molecule has 6 heteroatoms. The number of para-hydroxylation sites is 1. The summed E-state index contributed by atoms with van der Waals surface area (Å²) >= 11 is 0. The van der Waals surface area contributed by atoms with E-state index in [1.54, 1.807) is 6.07 Å². The maximum absolute atomic E-state index is 11.7. The van der Waals surface area contributed by atoms with Crippen LogP contribution < -0.4 is 0 Å². The number of esters is 1. The van der Waals surface area contributed by atoms with E-state index in [0.717, 1.165) is 12.8 Å². The maximum atomic E-state index is 11.7. The van der Waals surface area contributed by atoms with Gasteiger partial charge in [0.1, 0.15) is 12.2 Å². The van der Waals surface area contributed by atoms with Crippen molar-refractivity contribution in [3.63, 3.8) is 0 Å². The van der Waals surface area contributed by atoms with Crippen molar-refractivity contribution in [3.8, 4) is 0 Å². The fourth-order valence-electron chi connectivity index (χ4n) is 1.83. The van der Waals surface area contributed by atoms with E-state index in [4.69, 9.17) is 9.47 Å². The highest BCUT2D eigenvalue weighted by Crippen LogP contribution is 2.19. The first kappa shape index (κ1) is 12.5. The van der Waals surface area contributed by atoms with Gasteiger partial charge in [0, 0.05) is 12.7 Å². The Hall–Kier alpha value is -1.95. The normalized spacial score (nSPS) is 18.6. The first-order chi connectivity index (χ1) is 8.68. The average Bonchev–Trinajstić information content (AvgIpc) is 2.89. The predicted octanol–water partition coefficient (Wildman–Crippen LogP) is 1.93. The minimum absolute atomic E-state index is 0.0273. The molecule has 0 saturated carbocycles. The van der Waals surface area contributed by atoms with Crippen LogP contribution in [-0.4, -0.2) is 30.2 Å². The number of nitro groups is 1. The molecular weight excluding hydrogens is 238 g/mol. The number of hydrogen-bond donors (Lipinski definition) is 0. The molecule has 1 fully saturated rings. The summed E-state index contributed by atoms with van der Waals surface area (Å²) in [7, 11) is 0. The van der Waals surface area contributed by atoms with Crippen LogP contribution in [0.2, 0.25) is 0 Å². The Morgan fingerprint density at radius 2 is 2.28 bits per heavy atom. The standard InChI is InChI=1S/C12H13NO5/c14-12(18-8-9-4-3-7-17-9)10-5-1-2-6-11(10)13(15)16/h1-2,5-6,9H,3-4,7-8H2. The Balaban J connectivity index is 2.01. The van der Waals surface area contributed by atoms with Gasteiger partial charge in [0.2, 0.25) is 0 Å². The van der Waals surface area contributed by atoms with Gasteiger partial charge in [0.05, 0.1) is 11.0 Å². The molecule has 0 radical (unpaired) electrons. The largest absolute Gasteiger partial charge is 0.459 e. The van der Waals surface area contributed by atoms with Crippen LogP contribution in [0.25, 0.3) is 0 Å². The van der Waals surface area contributed by atoms with E-state index in [9.17, 15) is 14.9 Å². The molecule has 0 N–H and O–H groups in total. The zero-order valence-electron chi connectivity index (χ0n) is 9.70. The van der Waals surface area contributed by atoms with Gasteiger partial charge in [0.15, 0.2) is 0 Å². The molecule has 6 nitrogen and oxygen atoms in total. The lowest BCUT2D eigenvalue weighted by Gasteiger charge is -2.10. The van der Waals surface area contributed by atoms with Crippen LogP contribution in [0, 0.1) is 10.1 Å². The van der Waals surface area contributed by atoms with Crippen LogP contribution in [-0.2, 0) is 9.47 Å². The zero-order valence-corrected chi connectivity index (χ0v) is 9.70. The second-order valence-corrected chi connectivity index (χ2v) is 4.01. The highest BCUT2D eigenvalue weighted by molar-refractivity contribution is 5.93. The maximum Gasteiger partial charge on any atom is 0.345 e. The van der Waals surface area contributed by atoms with Crippen molar-refractivity contribution in [2.24, 2.45) is 0 Å². The molecule has 1 heterocycles. The fraction of sp³-hybridized carbons (Fsp3) is 0.417. The van der Waals surface area contributed by atoms with Gasteiger partial charge < -0.3 is 9.47 Å². The van der Waals surface area contributed by atoms with Crippen molar-refractivity contribution in [2.75, 3.05) is 13.2 Å². The highest BCUT2D eigenvalue weighted by atomic mass is 16.6. The molecule has 1 unspecified atom stereocenters. The van der Waals surface area contributed by atoms with Crippen LogP contribution in [0.3, 0.4) is 0 Å². The van der Waals surface area contributed by atoms with Crippen molar-refractivity contribution in [2.45, 2.75) is 18.9 Å². The zero-order chi connectivity index (χ0) is 13.0. The van der Waals surface area contributed by atoms with Crippen molar-refractivity contribution in [1.82, 2.24) is 0 Å². The van der Waals surface area contributed by atoms with Crippen molar-refractivity contribution in [1.29, 1.82) is 0 Å². The second-order valence-electron chi connectivity index (χ2n) is 4.01. The molecule has 2 rings (SSSR count). The van der Waals surface area contributed by atoms with E-state index in [2.05, 4.69) is 0 Å². The molecule has 1 aromatic rings. The summed E-state index contributed by atoms with van der Waals surface area (Å²) in [6.45, 7) is 0.818. The molecule has 0 bridgehead atoms. The van der Waals surface area contributed by atoms with Gasteiger partial charge >= 0.3 is 5.97 Å². The highest BCUT2D eigenvalue weighted by Gasteiger charge is 2.23. The Morgan fingerprint density at radius 1 is 1.50 bits per heavy atom. The number of nitrogens with zero attached hydrogens (tertiary/aromatic N) is 1. The molecule has 0 amide bonds. The van der Waals surface area contributed by atoms with E-state index in [0.29, 0.717) is 6.61 Å². The molecule has 1 aliphatic heterocycles. The smallest absolute Gasteiger partial charge is 0.345 e. The minimum atomic E-state index is -0.683. The SMILES string of the molecule is O=C(OCC1CCCO1)c1ccccc1[N+](=O)[O-]. The van der Waals surface area contributed by atoms with Gasteiger partial charge in [0.25, 0.3) is 5.69 Å². The number of carbonyl (C=O) groups is 1. The molecule has 1 saturated heterocycles. The van der Waals surface area contributed by atoms with Crippen molar-refractivity contribution < 1.29 is 19.2 Å². The summed E-state index contributed by atoms with van der Waals surface area (Å²) in [4.78, 5) is 21.9. The lowest BCUT2D eigenvalue weighted by atomic mass is 10.2. The summed E-state index contributed by atoms with van der Waals surface area (Å²) in [5, 5.41) is 10.8. The first-order valence-corrected chi connectivity index (χ1v) is 5.70. The van der Waals surface area contributed by atoms with Crippen LogP contribution >= 0.6 is 0 Å². The lowest BCUT2D eigenvalue weighted by Crippen LogP contribution is -2.18. The summed E-state index contributed by atoms with van der Waals surface area (Å²) in [5.74, 6) is -0.683. The number of benzene rings is 1. The Kier molecular flexibility index (Phi) is 3.88. The van der Waals surface area contributed by atoms with E-state index in [-0.39, 0.29) is 24.0 Å². The molecule has 1 aromatic carbocycles. The third-order valence-corrected chi connectivity index (χ3v) is 2.74. The number of ether oxygens (including phenoxy) is 2. The predicted molar refractivity (Wildman–Crippen MR) is 62.4 cm³/mol. The third-order valence-electron chi connectivity index (χ3n) is 2.74. The molecular formula is C12H13NO5. The van der Waals surface area contributed by atoms with Gasteiger partial charge in [-0.25, -0.2) is 4.79 Å². The van der Waals surface area contributed by atoms with Gasteiger partial charge in [-0.3, -0.25) is 10.1 Å². The summed E-state index contributed by atoms with van der Waals surface area (Å²) in [5.41, 5.74) is -0.268. The molecule has 1 aliphatic rings. The summed E-state index contributed by atoms with van der Waals surface area (Å²) in [6, 6.07) is 5.74. The van der Waals surface area contributed by atoms with Crippen LogP contribution in [0.15, 0.2) is 24.3 Å². The number of rotatable bonds is 4. The van der Waals surface area contributed by atoms with E-state index in [1.165, 1.54) is 18.2 Å². The van der Waals surface area contributed by atoms with E-state index in [1.807, 2.05) is 0 Å². The van der Waals surface area contributed by atoms with E-state index < -0.39 is 10.9 Å². The third kappa shape index (κ3) is 2.84. The Morgan fingerprint density at radius 3 is 2.94 bits per heavy atom. The molecule has 1 atom stereocenters. The van der Waals surface area contributed by atoms with Gasteiger partial charge in [-0.2, -0.15) is 0 Å². The van der Waals surface area contributed by atoms with E-state index >= 15 is 0 Å². The van der Waals surface area contributed by atoms with Gasteiger partial charge in [-0.1, -0.05) is 12.1 Å². The van der Waals surface area contributed by atoms with Crippen LogP contribution in [0.1, 0.15) is 23.2 Å². The molecule has 96 valence electrons. The van der Waals surface area contributed by atoms with Crippen LogP contribution in [0.5, 0.6) is 0 Å². The van der Waals surface area contributed by atoms with Crippen molar-refractivity contribution >= 4 is 11.7 Å². The molecule has 0 aromatic heterocycles. The number of carbonyl (C=O) groups excluding carboxylic acids is 1. The Bertz CT molecular complexity index is 454. The summed E-state index contributed by atoms with van der Waals surface area (Å²) < 4.78 is 10.3. The quantitative estimate of drug-likeness (QED) is 0.464. The number of hydrogen-bond acceptors (Lipinski definition) is 5. The first-order valence-electron chi connectivity index (χ1n) is 5.70. The van der Waals surface area contributed by atoms with Crippen molar-refractivity contribution in [3.05, 3.63) is 39.9 Å². The summed E-state index contributed by atoms with van der Waals surface area (Å²) in [6.07, 6.45) is 1.72. The topological polar surface area (TPSA) is 78.7 Å². The fourth-order valence-corrected chi connectivity index (χ4v) is 1.83. The van der Waals surface area contributed by atoms with Crippen LogP contribution in [0.4, 0.5) is 5.69 Å². The lowest BCUT2D eigenvalue weighted by molar-refractivity contribution is -0.385. The Labute approximate surface area is 104 Å². The van der Waals surface area contributed by atoms with Gasteiger partial charge in [-0.15, -0.1) is 0 Å². The average molecular weight is 251 g/mol. The second kappa shape index (κ2) is 5.59. The van der Waals surface area contributed by atoms with Gasteiger partial charge in [-0.05, 0) is 18.9 Å². The minimum Gasteiger partial charge on any atom is -0.459 e. The molecule has 18 heavy (non-hydrogen) atoms. The number of nitro benzene ring substituents is 1. The monoisotopic (exact) mass is 251 g/mol. The molecule has 0 spiro atoms.